The smallest absolute Gasteiger partial charge is 0.449 e. The van der Waals surface area contributed by atoms with Crippen molar-refractivity contribution in [1.29, 1.82) is 0 Å². The number of carbonyl (C=O) groups excluding carboxylic acids is 1. The van der Waals surface area contributed by atoms with E-state index in [1.54, 1.807) is 24.3 Å². The Morgan fingerprint density at radius 1 is 1.08 bits per heavy atom. The second-order valence-electron chi connectivity index (χ2n) is 5.50. The number of carbonyl (C=O) groups is 1. The van der Waals surface area contributed by atoms with Crippen molar-refractivity contribution in [1.82, 2.24) is 9.55 Å². The zero-order valence-electron chi connectivity index (χ0n) is 13.6. The minimum Gasteiger partial charge on any atom is -0.460 e. The lowest BCUT2D eigenvalue weighted by atomic mass is 10.2. The fourth-order valence-electron chi connectivity index (χ4n) is 2.52. The van der Waals surface area contributed by atoms with Crippen molar-refractivity contribution in [3.63, 3.8) is 0 Å². The Morgan fingerprint density at radius 3 is 2.50 bits per heavy atom. The fraction of sp³-hybridized carbons (Fsp3) is 0.158. The van der Waals surface area contributed by atoms with Gasteiger partial charge in [-0.3, -0.25) is 4.79 Å². The van der Waals surface area contributed by atoms with Crippen molar-refractivity contribution in [2.24, 2.45) is 0 Å². The third kappa shape index (κ3) is 4.11. The molecular formula is C19H15F3N2O2. The fourth-order valence-corrected chi connectivity index (χ4v) is 2.52. The minimum absolute atomic E-state index is 0.0261. The Morgan fingerprint density at radius 2 is 1.77 bits per heavy atom. The summed E-state index contributed by atoms with van der Waals surface area (Å²) in [5, 5.41) is 0. The number of fused-ring (bicyclic) bond motifs is 1. The lowest BCUT2D eigenvalue weighted by Crippen LogP contribution is -2.20. The van der Waals surface area contributed by atoms with Crippen LogP contribution >= 0.6 is 0 Å². The van der Waals surface area contributed by atoms with Crippen LogP contribution in [0.15, 0.2) is 60.7 Å². The van der Waals surface area contributed by atoms with Gasteiger partial charge < -0.3 is 9.30 Å². The summed E-state index contributed by atoms with van der Waals surface area (Å²) in [6, 6.07) is 15.5. The highest BCUT2D eigenvalue weighted by Crippen LogP contribution is 2.31. The summed E-state index contributed by atoms with van der Waals surface area (Å²) in [6.07, 6.45) is -1.27. The molecule has 0 fully saturated rings. The molecule has 0 bridgehead atoms. The van der Waals surface area contributed by atoms with Crippen molar-refractivity contribution < 1.29 is 22.7 Å². The first-order valence-corrected chi connectivity index (χ1v) is 7.85. The Labute approximate surface area is 147 Å². The van der Waals surface area contributed by atoms with E-state index in [0.29, 0.717) is 0 Å². The zero-order valence-corrected chi connectivity index (χ0v) is 13.6. The maximum atomic E-state index is 13.2. The average molecular weight is 360 g/mol. The number of hydrogen-bond acceptors (Lipinski definition) is 3. The number of halogens is 3. The molecule has 134 valence electrons. The molecule has 26 heavy (non-hydrogen) atoms. The van der Waals surface area contributed by atoms with Gasteiger partial charge in [-0.25, -0.2) is 4.98 Å². The quantitative estimate of drug-likeness (QED) is 0.637. The van der Waals surface area contributed by atoms with E-state index in [1.165, 1.54) is 12.1 Å². The minimum atomic E-state index is -4.66. The maximum Gasteiger partial charge on any atom is 0.449 e. The first kappa shape index (κ1) is 17.7. The predicted molar refractivity (Wildman–Crippen MR) is 91.2 cm³/mol. The van der Waals surface area contributed by atoms with Gasteiger partial charge in [0.15, 0.2) is 0 Å². The van der Waals surface area contributed by atoms with Gasteiger partial charge in [0, 0.05) is 0 Å². The molecule has 0 N–H and O–H groups in total. The van der Waals surface area contributed by atoms with Gasteiger partial charge in [0.25, 0.3) is 0 Å². The standard InChI is InChI=1S/C19H15F3N2O2/c20-19(21,22)18-23-15-10-4-5-11-16(15)24(18)13-17(25)26-12-6-9-14-7-2-1-3-8-14/h1-11H,12-13H2/b9-6+. The molecule has 0 saturated carbocycles. The van der Waals surface area contributed by atoms with Gasteiger partial charge in [-0.1, -0.05) is 48.5 Å². The molecule has 3 rings (SSSR count). The molecule has 2 aromatic carbocycles. The van der Waals surface area contributed by atoms with Crippen molar-refractivity contribution in [3.8, 4) is 0 Å². The van der Waals surface area contributed by atoms with Gasteiger partial charge in [0.05, 0.1) is 11.0 Å². The highest BCUT2D eigenvalue weighted by molar-refractivity contribution is 5.79. The van der Waals surface area contributed by atoms with Crippen LogP contribution in [0.1, 0.15) is 11.4 Å². The van der Waals surface area contributed by atoms with Crippen LogP contribution in [-0.4, -0.2) is 22.1 Å². The number of para-hydroxylation sites is 2. The Balaban J connectivity index is 1.70. The zero-order chi connectivity index (χ0) is 18.6. The highest BCUT2D eigenvalue weighted by atomic mass is 19.4. The van der Waals surface area contributed by atoms with E-state index in [1.807, 2.05) is 30.3 Å². The number of esters is 1. The topological polar surface area (TPSA) is 44.1 Å². The third-order valence-corrected chi connectivity index (χ3v) is 3.65. The normalized spacial score (nSPS) is 12.0. The first-order valence-electron chi connectivity index (χ1n) is 7.85. The molecule has 0 radical (unpaired) electrons. The van der Waals surface area contributed by atoms with Crippen LogP contribution in [0.3, 0.4) is 0 Å². The number of imidazole rings is 1. The molecule has 4 nitrogen and oxygen atoms in total. The van der Waals surface area contributed by atoms with Crippen molar-refractivity contribution in [2.45, 2.75) is 12.7 Å². The van der Waals surface area contributed by atoms with Crippen molar-refractivity contribution in [2.75, 3.05) is 6.61 Å². The third-order valence-electron chi connectivity index (χ3n) is 3.65. The monoisotopic (exact) mass is 360 g/mol. The number of ether oxygens (including phenoxy) is 1. The van der Waals surface area contributed by atoms with Crippen molar-refractivity contribution in [3.05, 3.63) is 72.1 Å². The summed E-state index contributed by atoms with van der Waals surface area (Å²) in [5.74, 6) is -1.88. The number of nitrogens with zero attached hydrogens (tertiary/aromatic N) is 2. The van der Waals surface area contributed by atoms with E-state index in [-0.39, 0.29) is 17.6 Å². The maximum absolute atomic E-state index is 13.2. The molecule has 0 aliphatic carbocycles. The van der Waals surface area contributed by atoms with Crippen molar-refractivity contribution >= 4 is 23.1 Å². The molecule has 3 aromatic rings. The molecule has 0 unspecified atom stereocenters. The summed E-state index contributed by atoms with van der Waals surface area (Å²) in [7, 11) is 0. The van der Waals surface area contributed by atoms with Gasteiger partial charge in [0.2, 0.25) is 5.82 Å². The molecule has 0 saturated heterocycles. The van der Waals surface area contributed by atoms with Crippen LogP contribution < -0.4 is 0 Å². The largest absolute Gasteiger partial charge is 0.460 e. The highest BCUT2D eigenvalue weighted by Gasteiger charge is 2.38. The lowest BCUT2D eigenvalue weighted by Gasteiger charge is -2.10. The molecule has 0 aliphatic rings. The molecule has 1 heterocycles. The number of benzene rings is 2. The molecule has 0 amide bonds. The summed E-state index contributed by atoms with van der Waals surface area (Å²) in [4.78, 5) is 15.6. The molecule has 7 heteroatoms. The van der Waals surface area contributed by atoms with E-state index in [2.05, 4.69) is 4.98 Å². The SMILES string of the molecule is O=C(Cn1c(C(F)(F)F)nc2ccccc21)OC/C=C/c1ccccc1. The molecule has 0 atom stereocenters. The summed E-state index contributed by atoms with van der Waals surface area (Å²) < 4.78 is 45.4. The van der Waals surface area contributed by atoms with E-state index in [9.17, 15) is 18.0 Å². The number of alkyl halides is 3. The summed E-state index contributed by atoms with van der Waals surface area (Å²) in [6.45, 7) is -0.587. The van der Waals surface area contributed by atoms with Gasteiger partial charge in [-0.2, -0.15) is 13.2 Å². The lowest BCUT2D eigenvalue weighted by molar-refractivity contribution is -0.150. The molecule has 0 aliphatic heterocycles. The predicted octanol–water partition coefficient (Wildman–Crippen LogP) is 4.31. The van der Waals surface area contributed by atoms with Crippen LogP contribution in [0.25, 0.3) is 17.1 Å². The average Bonchev–Trinajstić information content (AvgIpc) is 2.99. The van der Waals surface area contributed by atoms with Crippen LogP contribution in [0.2, 0.25) is 0 Å². The van der Waals surface area contributed by atoms with Crippen LogP contribution in [0, 0.1) is 0 Å². The van der Waals surface area contributed by atoms with E-state index in [4.69, 9.17) is 4.74 Å². The van der Waals surface area contributed by atoms with Gasteiger partial charge >= 0.3 is 12.1 Å². The van der Waals surface area contributed by atoms with E-state index < -0.39 is 24.5 Å². The Kier molecular flexibility index (Phi) is 5.06. The molecule has 1 aromatic heterocycles. The summed E-state index contributed by atoms with van der Waals surface area (Å²) >= 11 is 0. The van der Waals surface area contributed by atoms with Crippen LogP contribution in [-0.2, 0) is 22.3 Å². The van der Waals surface area contributed by atoms with Gasteiger partial charge in [-0.15, -0.1) is 0 Å². The van der Waals surface area contributed by atoms with Gasteiger partial charge in [0.1, 0.15) is 13.2 Å². The Hall–Kier alpha value is -3.09. The van der Waals surface area contributed by atoms with Crippen LogP contribution in [0.4, 0.5) is 13.2 Å². The second-order valence-corrected chi connectivity index (χ2v) is 5.50. The van der Waals surface area contributed by atoms with E-state index >= 15 is 0 Å². The van der Waals surface area contributed by atoms with Crippen LogP contribution in [0.5, 0.6) is 0 Å². The van der Waals surface area contributed by atoms with E-state index in [0.717, 1.165) is 10.1 Å². The first-order chi connectivity index (χ1) is 12.4. The summed E-state index contributed by atoms with van der Waals surface area (Å²) in [5.41, 5.74) is 1.34. The van der Waals surface area contributed by atoms with Gasteiger partial charge in [-0.05, 0) is 23.8 Å². The second kappa shape index (κ2) is 7.43. The molecule has 0 spiro atoms. The Bertz CT molecular complexity index is 931. The number of aromatic nitrogens is 2. The number of hydrogen-bond donors (Lipinski definition) is 0. The molecular weight excluding hydrogens is 345 g/mol. The number of rotatable bonds is 5.